The van der Waals surface area contributed by atoms with Gasteiger partial charge in [0.15, 0.2) is 0 Å². The van der Waals surface area contributed by atoms with E-state index in [-0.39, 0.29) is 29.4 Å². The quantitative estimate of drug-likeness (QED) is 0.750. The van der Waals surface area contributed by atoms with E-state index in [0.717, 1.165) is 0 Å². The van der Waals surface area contributed by atoms with Crippen LogP contribution in [-0.4, -0.2) is 34.5 Å². The van der Waals surface area contributed by atoms with Gasteiger partial charge >= 0.3 is 12.1 Å². The lowest BCUT2D eigenvalue weighted by atomic mass is 10.1. The predicted molar refractivity (Wildman–Crippen MR) is 72.1 cm³/mol. The van der Waals surface area contributed by atoms with Crippen molar-refractivity contribution < 1.29 is 27.3 Å². The van der Waals surface area contributed by atoms with E-state index in [4.69, 9.17) is 0 Å². The second-order valence-electron chi connectivity index (χ2n) is 4.89. The van der Waals surface area contributed by atoms with Gasteiger partial charge in [-0.3, -0.25) is 15.0 Å². The van der Waals surface area contributed by atoms with Crippen LogP contribution in [0.5, 0.6) is 0 Å². The number of hydrazine groups is 1. The Morgan fingerprint density at radius 2 is 2.00 bits per heavy atom. The largest absolute Gasteiger partial charge is 0.471 e. The van der Waals surface area contributed by atoms with E-state index in [1.807, 2.05) is 0 Å². The lowest BCUT2D eigenvalue weighted by Crippen LogP contribution is -2.41. The number of alkyl halides is 3. The number of halogens is 3. The van der Waals surface area contributed by atoms with E-state index < -0.39 is 24.0 Å². The first-order valence-corrected chi connectivity index (χ1v) is 6.69. The van der Waals surface area contributed by atoms with Crippen molar-refractivity contribution in [3.63, 3.8) is 0 Å². The van der Waals surface area contributed by atoms with Crippen LogP contribution in [0.25, 0.3) is 11.4 Å². The number of benzene rings is 1. The summed E-state index contributed by atoms with van der Waals surface area (Å²) < 4.78 is 41.4. The Bertz CT molecular complexity index is 772. The smallest absolute Gasteiger partial charge is 0.339 e. The standard InChI is InChI=1S/C13H10F3N5O3/c14-13(15,16)12-19-9(21-24-12)6-1-3-7(4-2-6)10(22)18-8-5-17-20-11(8)23/h1-4,8,17H,5H2,(H,18,22)(H,20,23). The normalized spacial score (nSPS) is 17.6. The number of carbonyl (C=O) groups is 2. The summed E-state index contributed by atoms with van der Waals surface area (Å²) in [6.07, 6.45) is -4.72. The molecule has 2 heterocycles. The molecule has 3 N–H and O–H groups in total. The molecule has 0 radical (unpaired) electrons. The van der Waals surface area contributed by atoms with Crippen LogP contribution in [0.4, 0.5) is 13.2 Å². The fourth-order valence-corrected chi connectivity index (χ4v) is 2.00. The third-order valence-electron chi connectivity index (χ3n) is 3.21. The van der Waals surface area contributed by atoms with Crippen LogP contribution in [0.2, 0.25) is 0 Å². The van der Waals surface area contributed by atoms with Crippen LogP contribution in [0.15, 0.2) is 28.8 Å². The van der Waals surface area contributed by atoms with Crippen molar-refractivity contribution in [1.82, 2.24) is 26.3 Å². The molecule has 1 atom stereocenters. The van der Waals surface area contributed by atoms with Crippen molar-refractivity contribution in [3.8, 4) is 11.4 Å². The van der Waals surface area contributed by atoms with Crippen LogP contribution in [0.1, 0.15) is 16.2 Å². The van der Waals surface area contributed by atoms with Gasteiger partial charge in [0.25, 0.3) is 11.8 Å². The average molecular weight is 341 g/mol. The maximum Gasteiger partial charge on any atom is 0.471 e. The summed E-state index contributed by atoms with van der Waals surface area (Å²) in [5.74, 6) is -2.53. The minimum atomic E-state index is -4.72. The number of carbonyl (C=O) groups excluding carboxylic acids is 2. The molecule has 2 amide bonds. The summed E-state index contributed by atoms with van der Waals surface area (Å²) >= 11 is 0. The number of amides is 2. The van der Waals surface area contributed by atoms with Crippen molar-refractivity contribution in [3.05, 3.63) is 35.7 Å². The van der Waals surface area contributed by atoms with E-state index in [9.17, 15) is 22.8 Å². The summed E-state index contributed by atoms with van der Waals surface area (Å²) in [6, 6.07) is 4.84. The van der Waals surface area contributed by atoms with Gasteiger partial charge in [-0.05, 0) is 12.1 Å². The van der Waals surface area contributed by atoms with Crippen LogP contribution < -0.4 is 16.2 Å². The third kappa shape index (κ3) is 3.20. The van der Waals surface area contributed by atoms with Gasteiger partial charge in [0.2, 0.25) is 5.82 Å². The van der Waals surface area contributed by atoms with Crippen LogP contribution in [-0.2, 0) is 11.0 Å². The molecule has 1 aromatic carbocycles. The number of aromatic nitrogens is 2. The molecule has 1 fully saturated rings. The predicted octanol–water partition coefficient (Wildman–Crippen LogP) is 0.488. The first-order chi connectivity index (χ1) is 11.3. The Balaban J connectivity index is 1.72. The lowest BCUT2D eigenvalue weighted by molar-refractivity contribution is -0.159. The monoisotopic (exact) mass is 341 g/mol. The van der Waals surface area contributed by atoms with Gasteiger partial charge in [-0.2, -0.15) is 18.2 Å². The van der Waals surface area contributed by atoms with Gasteiger partial charge in [-0.15, -0.1) is 0 Å². The number of hydrogen-bond acceptors (Lipinski definition) is 6. The lowest BCUT2D eigenvalue weighted by Gasteiger charge is -2.09. The Kier molecular flexibility index (Phi) is 3.93. The summed E-state index contributed by atoms with van der Waals surface area (Å²) in [4.78, 5) is 26.6. The average Bonchev–Trinajstić information content (AvgIpc) is 3.17. The minimum absolute atomic E-state index is 0.234. The zero-order chi connectivity index (χ0) is 17.3. The zero-order valence-electron chi connectivity index (χ0n) is 11.8. The second-order valence-corrected chi connectivity index (χ2v) is 4.89. The Morgan fingerprint density at radius 3 is 2.54 bits per heavy atom. The van der Waals surface area contributed by atoms with E-state index in [1.165, 1.54) is 24.3 Å². The van der Waals surface area contributed by atoms with Crippen molar-refractivity contribution in [2.24, 2.45) is 0 Å². The van der Waals surface area contributed by atoms with Gasteiger partial charge < -0.3 is 9.84 Å². The highest BCUT2D eigenvalue weighted by Gasteiger charge is 2.38. The van der Waals surface area contributed by atoms with Crippen molar-refractivity contribution >= 4 is 11.8 Å². The molecule has 0 saturated carbocycles. The Hall–Kier alpha value is -2.95. The molecule has 126 valence electrons. The van der Waals surface area contributed by atoms with Gasteiger partial charge in [-0.1, -0.05) is 17.3 Å². The van der Waals surface area contributed by atoms with Crippen molar-refractivity contribution in [2.75, 3.05) is 6.54 Å². The molecule has 1 saturated heterocycles. The minimum Gasteiger partial charge on any atom is -0.339 e. The van der Waals surface area contributed by atoms with Crippen LogP contribution >= 0.6 is 0 Å². The highest BCUT2D eigenvalue weighted by atomic mass is 19.4. The van der Waals surface area contributed by atoms with Crippen molar-refractivity contribution in [1.29, 1.82) is 0 Å². The highest BCUT2D eigenvalue weighted by molar-refractivity contribution is 5.98. The Morgan fingerprint density at radius 1 is 1.29 bits per heavy atom. The number of nitrogens with zero attached hydrogens (tertiary/aromatic N) is 2. The molecule has 2 aromatic rings. The van der Waals surface area contributed by atoms with Gasteiger partial charge in [-0.25, -0.2) is 5.43 Å². The van der Waals surface area contributed by atoms with Gasteiger partial charge in [0.1, 0.15) is 6.04 Å². The zero-order valence-corrected chi connectivity index (χ0v) is 11.8. The molecule has 24 heavy (non-hydrogen) atoms. The fraction of sp³-hybridized carbons (Fsp3) is 0.231. The van der Waals surface area contributed by atoms with E-state index in [1.54, 1.807) is 0 Å². The van der Waals surface area contributed by atoms with Crippen LogP contribution in [0.3, 0.4) is 0 Å². The summed E-state index contributed by atoms with van der Waals surface area (Å²) in [7, 11) is 0. The molecule has 0 bridgehead atoms. The van der Waals surface area contributed by atoms with E-state index >= 15 is 0 Å². The maximum absolute atomic E-state index is 12.4. The maximum atomic E-state index is 12.4. The topological polar surface area (TPSA) is 109 Å². The first kappa shape index (κ1) is 15.9. The summed E-state index contributed by atoms with van der Waals surface area (Å²) in [6.45, 7) is 0.256. The molecule has 1 unspecified atom stereocenters. The molecule has 0 aliphatic carbocycles. The number of hydrogen-bond donors (Lipinski definition) is 3. The molecule has 1 aromatic heterocycles. The highest BCUT2D eigenvalue weighted by Crippen LogP contribution is 2.29. The number of nitrogens with one attached hydrogen (secondary N) is 3. The molecule has 11 heteroatoms. The summed E-state index contributed by atoms with van der Waals surface area (Å²) in [5, 5.41) is 5.77. The van der Waals surface area contributed by atoms with E-state index in [2.05, 4.69) is 30.8 Å². The summed E-state index contributed by atoms with van der Waals surface area (Å²) in [5.41, 5.74) is 5.43. The fourth-order valence-electron chi connectivity index (χ4n) is 2.00. The molecule has 3 rings (SSSR count). The Labute approximate surface area is 132 Å². The van der Waals surface area contributed by atoms with Gasteiger partial charge in [0.05, 0.1) is 0 Å². The molecular weight excluding hydrogens is 331 g/mol. The molecule has 0 spiro atoms. The third-order valence-corrected chi connectivity index (χ3v) is 3.21. The SMILES string of the molecule is O=C(NC1CNNC1=O)c1ccc(-c2noc(C(F)(F)F)n2)cc1. The van der Waals surface area contributed by atoms with Gasteiger partial charge in [0, 0.05) is 17.7 Å². The van der Waals surface area contributed by atoms with E-state index in [0.29, 0.717) is 0 Å². The molecule has 1 aliphatic heterocycles. The van der Waals surface area contributed by atoms with Crippen LogP contribution in [0, 0.1) is 0 Å². The first-order valence-electron chi connectivity index (χ1n) is 6.69. The molecule has 8 nitrogen and oxygen atoms in total. The second kappa shape index (κ2) is 5.92. The molecule has 1 aliphatic rings. The molecular formula is C13H10F3N5O3. The number of rotatable bonds is 3. The van der Waals surface area contributed by atoms with Crippen molar-refractivity contribution in [2.45, 2.75) is 12.2 Å².